The maximum atomic E-state index is 12.3. The van der Waals surface area contributed by atoms with E-state index in [0.29, 0.717) is 18.2 Å². The maximum absolute atomic E-state index is 12.3. The number of carbonyl (C=O) groups is 1. The predicted molar refractivity (Wildman–Crippen MR) is 83.6 cm³/mol. The Morgan fingerprint density at radius 3 is 2.86 bits per heavy atom. The number of anilines is 1. The zero-order valence-corrected chi connectivity index (χ0v) is 12.6. The Morgan fingerprint density at radius 2 is 2.14 bits per heavy atom. The number of amides is 1. The Bertz CT molecular complexity index is 653. The van der Waals surface area contributed by atoms with Crippen LogP contribution in [-0.2, 0) is 6.54 Å². The van der Waals surface area contributed by atoms with Crippen molar-refractivity contribution < 1.29 is 4.79 Å². The smallest absolute Gasteiger partial charge is 0.270 e. The molecule has 6 nitrogen and oxygen atoms in total. The number of carbonyl (C=O) groups excluding carboxylic acids is 1. The molecule has 2 aromatic heterocycles. The number of hydrogen-bond donors (Lipinski definition) is 1. The van der Waals surface area contributed by atoms with Gasteiger partial charge in [0.2, 0.25) is 5.95 Å². The molecule has 0 aromatic carbocycles. The van der Waals surface area contributed by atoms with Gasteiger partial charge in [-0.1, -0.05) is 6.07 Å². The van der Waals surface area contributed by atoms with Crippen LogP contribution in [0.5, 0.6) is 0 Å². The second-order valence-electron chi connectivity index (χ2n) is 5.43. The monoisotopic (exact) mass is 297 g/mol. The van der Waals surface area contributed by atoms with Crippen molar-refractivity contribution in [2.24, 2.45) is 0 Å². The summed E-state index contributed by atoms with van der Waals surface area (Å²) in [4.78, 5) is 27.3. The van der Waals surface area contributed by atoms with Crippen LogP contribution in [-0.4, -0.2) is 33.9 Å². The molecule has 3 rings (SSSR count). The molecule has 1 aliphatic heterocycles. The van der Waals surface area contributed by atoms with E-state index >= 15 is 0 Å². The molecule has 0 spiro atoms. The highest BCUT2D eigenvalue weighted by atomic mass is 16.1. The molecule has 0 radical (unpaired) electrons. The van der Waals surface area contributed by atoms with Crippen LogP contribution in [0.4, 0.5) is 5.95 Å². The fraction of sp³-hybridized carbons (Fsp3) is 0.375. The average molecular weight is 297 g/mol. The van der Waals surface area contributed by atoms with Gasteiger partial charge < -0.3 is 10.2 Å². The molecule has 1 aliphatic rings. The maximum Gasteiger partial charge on any atom is 0.270 e. The van der Waals surface area contributed by atoms with Gasteiger partial charge in [-0.05, 0) is 37.5 Å². The third-order valence-corrected chi connectivity index (χ3v) is 3.64. The summed E-state index contributed by atoms with van der Waals surface area (Å²) >= 11 is 0. The molecule has 1 N–H and O–H groups in total. The van der Waals surface area contributed by atoms with Crippen LogP contribution < -0.4 is 10.2 Å². The Hall–Kier alpha value is -2.50. The summed E-state index contributed by atoms with van der Waals surface area (Å²) in [5.41, 5.74) is 2.18. The van der Waals surface area contributed by atoms with E-state index in [9.17, 15) is 4.79 Å². The molecule has 6 heteroatoms. The first-order chi connectivity index (χ1) is 10.7. The molecule has 114 valence electrons. The lowest BCUT2D eigenvalue weighted by atomic mass is 10.2. The van der Waals surface area contributed by atoms with E-state index < -0.39 is 0 Å². The van der Waals surface area contributed by atoms with Gasteiger partial charge in [0.1, 0.15) is 5.69 Å². The van der Waals surface area contributed by atoms with Gasteiger partial charge in [0.05, 0.1) is 0 Å². The molecule has 0 aliphatic carbocycles. The van der Waals surface area contributed by atoms with E-state index in [1.54, 1.807) is 18.5 Å². The Balaban J connectivity index is 1.71. The van der Waals surface area contributed by atoms with Crippen LogP contribution in [0, 0.1) is 6.92 Å². The molecule has 0 bridgehead atoms. The summed E-state index contributed by atoms with van der Waals surface area (Å²) in [5, 5.41) is 2.87. The zero-order valence-electron chi connectivity index (χ0n) is 12.6. The summed E-state index contributed by atoms with van der Waals surface area (Å²) < 4.78 is 0. The van der Waals surface area contributed by atoms with Crippen molar-refractivity contribution in [2.75, 3.05) is 18.0 Å². The molecule has 1 fully saturated rings. The number of aromatic nitrogens is 3. The number of nitrogens with zero attached hydrogens (tertiary/aromatic N) is 4. The number of pyridine rings is 1. The van der Waals surface area contributed by atoms with Crippen LogP contribution in [0.3, 0.4) is 0 Å². The molecule has 1 saturated heterocycles. The Morgan fingerprint density at radius 1 is 1.32 bits per heavy atom. The van der Waals surface area contributed by atoms with Gasteiger partial charge in [0.15, 0.2) is 0 Å². The van der Waals surface area contributed by atoms with Crippen LogP contribution in [0.1, 0.15) is 34.6 Å². The predicted octanol–water partition coefficient (Wildman–Crippen LogP) is 1.71. The van der Waals surface area contributed by atoms with Gasteiger partial charge in [-0.3, -0.25) is 9.78 Å². The summed E-state index contributed by atoms with van der Waals surface area (Å²) in [6.07, 6.45) is 5.75. The minimum absolute atomic E-state index is 0.185. The molecule has 0 atom stereocenters. The minimum Gasteiger partial charge on any atom is -0.347 e. The quantitative estimate of drug-likeness (QED) is 0.930. The van der Waals surface area contributed by atoms with Crippen LogP contribution in [0.15, 0.2) is 30.6 Å². The number of aryl methyl sites for hydroxylation is 1. The number of rotatable bonds is 4. The van der Waals surface area contributed by atoms with Gasteiger partial charge >= 0.3 is 0 Å². The Labute approximate surface area is 129 Å². The summed E-state index contributed by atoms with van der Waals surface area (Å²) in [7, 11) is 0. The minimum atomic E-state index is -0.185. The van der Waals surface area contributed by atoms with Crippen LogP contribution >= 0.6 is 0 Å². The van der Waals surface area contributed by atoms with Crippen molar-refractivity contribution >= 4 is 11.9 Å². The first-order valence-electron chi connectivity index (χ1n) is 7.50. The van der Waals surface area contributed by atoms with Crippen LogP contribution in [0.25, 0.3) is 0 Å². The summed E-state index contributed by atoms with van der Waals surface area (Å²) in [6, 6.07) is 5.49. The average Bonchev–Trinajstić information content (AvgIpc) is 3.07. The lowest BCUT2D eigenvalue weighted by Crippen LogP contribution is -2.26. The van der Waals surface area contributed by atoms with Gasteiger partial charge in [0.25, 0.3) is 5.91 Å². The molecule has 3 heterocycles. The van der Waals surface area contributed by atoms with E-state index in [-0.39, 0.29) is 5.91 Å². The lowest BCUT2D eigenvalue weighted by Gasteiger charge is -2.16. The zero-order chi connectivity index (χ0) is 15.4. The third kappa shape index (κ3) is 3.39. The molecule has 22 heavy (non-hydrogen) atoms. The fourth-order valence-corrected chi connectivity index (χ4v) is 2.50. The molecule has 0 unspecified atom stereocenters. The normalized spacial score (nSPS) is 14.1. The van der Waals surface area contributed by atoms with E-state index in [1.165, 1.54) is 0 Å². The van der Waals surface area contributed by atoms with E-state index in [1.807, 2.05) is 19.1 Å². The number of nitrogens with one attached hydrogen (secondary N) is 1. The summed E-state index contributed by atoms with van der Waals surface area (Å²) in [5.74, 6) is 0.471. The van der Waals surface area contributed by atoms with Crippen molar-refractivity contribution in [1.29, 1.82) is 0 Å². The SMILES string of the molecule is Cc1cc(C(=O)NCc2cccnc2)nc(N2CCCC2)n1. The molecular weight excluding hydrogens is 278 g/mol. The molecule has 1 amide bonds. The van der Waals surface area contributed by atoms with Crippen molar-refractivity contribution in [3.05, 3.63) is 47.5 Å². The second kappa shape index (κ2) is 6.51. The highest BCUT2D eigenvalue weighted by Gasteiger charge is 2.18. The van der Waals surface area contributed by atoms with Gasteiger partial charge in [-0.15, -0.1) is 0 Å². The molecule has 2 aromatic rings. The van der Waals surface area contributed by atoms with Crippen molar-refractivity contribution in [3.8, 4) is 0 Å². The third-order valence-electron chi connectivity index (χ3n) is 3.64. The molecule has 0 saturated carbocycles. The lowest BCUT2D eigenvalue weighted by molar-refractivity contribution is 0.0945. The van der Waals surface area contributed by atoms with Gasteiger partial charge in [-0.25, -0.2) is 9.97 Å². The van der Waals surface area contributed by atoms with Gasteiger partial charge in [-0.2, -0.15) is 0 Å². The highest BCUT2D eigenvalue weighted by Crippen LogP contribution is 2.16. The largest absolute Gasteiger partial charge is 0.347 e. The number of hydrogen-bond acceptors (Lipinski definition) is 5. The second-order valence-corrected chi connectivity index (χ2v) is 5.43. The van der Waals surface area contributed by atoms with Crippen molar-refractivity contribution in [1.82, 2.24) is 20.3 Å². The van der Waals surface area contributed by atoms with Crippen LogP contribution in [0.2, 0.25) is 0 Å². The summed E-state index contributed by atoms with van der Waals surface area (Å²) in [6.45, 7) is 4.24. The standard InChI is InChI=1S/C16H19N5O/c1-12-9-14(20-16(19-12)21-7-2-3-8-21)15(22)18-11-13-5-4-6-17-10-13/h4-6,9-10H,2-3,7-8,11H2,1H3,(H,18,22). The fourth-order valence-electron chi connectivity index (χ4n) is 2.50. The van der Waals surface area contributed by atoms with E-state index in [2.05, 4.69) is 25.2 Å². The van der Waals surface area contributed by atoms with Gasteiger partial charge in [0, 0.05) is 37.7 Å². The Kier molecular flexibility index (Phi) is 4.27. The van der Waals surface area contributed by atoms with E-state index in [4.69, 9.17) is 0 Å². The van der Waals surface area contributed by atoms with E-state index in [0.717, 1.165) is 37.2 Å². The highest BCUT2D eigenvalue weighted by molar-refractivity contribution is 5.92. The topological polar surface area (TPSA) is 71.0 Å². The first kappa shape index (κ1) is 14.4. The van der Waals surface area contributed by atoms with Crippen molar-refractivity contribution in [3.63, 3.8) is 0 Å². The van der Waals surface area contributed by atoms with Crippen molar-refractivity contribution in [2.45, 2.75) is 26.3 Å². The molecular formula is C16H19N5O. The first-order valence-corrected chi connectivity index (χ1v) is 7.50.